The van der Waals surface area contributed by atoms with Crippen LogP contribution in [-0.2, 0) is 0 Å². The predicted molar refractivity (Wildman–Crippen MR) is 70.0 cm³/mol. The summed E-state index contributed by atoms with van der Waals surface area (Å²) in [6.07, 6.45) is 1.59. The standard InChI is InChI=1S/C14H20N2O/c1-14(2)8-10(16-9-14)7-13(17)11-5-3-4-6-12(11)15/h3-6,10,16H,7-9,15H2,1-2H3. The third kappa shape index (κ3) is 2.86. The second-order valence-corrected chi connectivity index (χ2v) is 5.66. The summed E-state index contributed by atoms with van der Waals surface area (Å²) >= 11 is 0. The summed E-state index contributed by atoms with van der Waals surface area (Å²) < 4.78 is 0. The Hall–Kier alpha value is -1.35. The lowest BCUT2D eigenvalue weighted by Gasteiger charge is -2.15. The molecule has 92 valence electrons. The first-order valence-corrected chi connectivity index (χ1v) is 6.09. The van der Waals surface area contributed by atoms with Gasteiger partial charge in [-0.25, -0.2) is 0 Å². The van der Waals surface area contributed by atoms with Crippen LogP contribution in [0.5, 0.6) is 0 Å². The molecule has 1 aromatic carbocycles. The van der Waals surface area contributed by atoms with E-state index in [1.165, 1.54) is 0 Å². The van der Waals surface area contributed by atoms with Crippen molar-refractivity contribution < 1.29 is 4.79 Å². The lowest BCUT2D eigenvalue weighted by atomic mass is 9.89. The molecule has 1 unspecified atom stereocenters. The Balaban J connectivity index is 2.01. The van der Waals surface area contributed by atoms with Gasteiger partial charge in [-0.05, 0) is 24.0 Å². The summed E-state index contributed by atoms with van der Waals surface area (Å²) in [4.78, 5) is 12.1. The second kappa shape index (κ2) is 4.49. The van der Waals surface area contributed by atoms with Gasteiger partial charge in [0.05, 0.1) is 0 Å². The van der Waals surface area contributed by atoms with Crippen molar-refractivity contribution in [2.75, 3.05) is 12.3 Å². The normalized spacial score (nSPS) is 22.6. The van der Waals surface area contributed by atoms with Crippen molar-refractivity contribution in [2.24, 2.45) is 5.41 Å². The summed E-state index contributed by atoms with van der Waals surface area (Å²) in [5.74, 6) is 0.137. The quantitative estimate of drug-likeness (QED) is 0.620. The van der Waals surface area contributed by atoms with E-state index in [1.807, 2.05) is 12.1 Å². The zero-order valence-corrected chi connectivity index (χ0v) is 10.5. The number of hydrogen-bond donors (Lipinski definition) is 2. The first kappa shape index (κ1) is 12.1. The number of carbonyl (C=O) groups is 1. The van der Waals surface area contributed by atoms with Gasteiger partial charge in [-0.15, -0.1) is 0 Å². The van der Waals surface area contributed by atoms with Crippen LogP contribution in [0.15, 0.2) is 24.3 Å². The van der Waals surface area contributed by atoms with Gasteiger partial charge in [-0.1, -0.05) is 26.0 Å². The number of Topliss-reactive ketones (excluding diaryl/α,β-unsaturated/α-hetero) is 1. The van der Waals surface area contributed by atoms with E-state index < -0.39 is 0 Å². The minimum Gasteiger partial charge on any atom is -0.398 e. The van der Waals surface area contributed by atoms with Crippen molar-refractivity contribution in [3.05, 3.63) is 29.8 Å². The fraction of sp³-hybridized carbons (Fsp3) is 0.500. The maximum Gasteiger partial charge on any atom is 0.166 e. The van der Waals surface area contributed by atoms with Crippen molar-refractivity contribution in [3.63, 3.8) is 0 Å². The Labute approximate surface area is 102 Å². The van der Waals surface area contributed by atoms with E-state index in [-0.39, 0.29) is 11.8 Å². The van der Waals surface area contributed by atoms with E-state index in [0.717, 1.165) is 13.0 Å². The molecular weight excluding hydrogens is 212 g/mol. The highest BCUT2D eigenvalue weighted by atomic mass is 16.1. The number of rotatable bonds is 3. The summed E-state index contributed by atoms with van der Waals surface area (Å²) in [6, 6.07) is 7.58. The Morgan fingerprint density at radius 2 is 2.18 bits per heavy atom. The summed E-state index contributed by atoms with van der Waals surface area (Å²) in [6.45, 7) is 5.43. The molecule has 2 rings (SSSR count). The molecule has 1 atom stereocenters. The number of ketones is 1. The molecule has 0 amide bonds. The van der Waals surface area contributed by atoms with Crippen LogP contribution < -0.4 is 11.1 Å². The van der Waals surface area contributed by atoms with Crippen LogP contribution in [0.2, 0.25) is 0 Å². The summed E-state index contributed by atoms with van der Waals surface area (Å²) in [5, 5.41) is 3.41. The molecular formula is C14H20N2O. The summed E-state index contributed by atoms with van der Waals surface area (Å²) in [5.41, 5.74) is 7.34. The Bertz CT molecular complexity index is 426. The highest BCUT2D eigenvalue weighted by Gasteiger charge is 2.31. The van der Waals surface area contributed by atoms with Gasteiger partial charge in [-0.3, -0.25) is 4.79 Å². The van der Waals surface area contributed by atoms with Crippen molar-refractivity contribution in [3.8, 4) is 0 Å². The molecule has 17 heavy (non-hydrogen) atoms. The van der Waals surface area contributed by atoms with Crippen LogP contribution in [0.4, 0.5) is 5.69 Å². The zero-order valence-electron chi connectivity index (χ0n) is 10.5. The van der Waals surface area contributed by atoms with Crippen LogP contribution in [0.1, 0.15) is 37.0 Å². The molecule has 1 aliphatic rings. The van der Waals surface area contributed by atoms with Crippen molar-refractivity contribution in [1.82, 2.24) is 5.32 Å². The van der Waals surface area contributed by atoms with Crippen LogP contribution >= 0.6 is 0 Å². The Morgan fingerprint density at radius 1 is 1.47 bits per heavy atom. The van der Waals surface area contributed by atoms with Gasteiger partial charge in [0.2, 0.25) is 0 Å². The molecule has 3 nitrogen and oxygen atoms in total. The van der Waals surface area contributed by atoms with Gasteiger partial charge >= 0.3 is 0 Å². The Kier molecular flexibility index (Phi) is 3.20. The fourth-order valence-electron chi connectivity index (χ4n) is 2.46. The molecule has 1 aromatic rings. The molecule has 1 heterocycles. The molecule has 0 spiro atoms. The molecule has 0 aliphatic carbocycles. The van der Waals surface area contributed by atoms with Gasteiger partial charge in [0.1, 0.15) is 0 Å². The first-order valence-electron chi connectivity index (χ1n) is 6.09. The average molecular weight is 232 g/mol. The van der Waals surface area contributed by atoms with Crippen LogP contribution in [0.25, 0.3) is 0 Å². The van der Waals surface area contributed by atoms with Gasteiger partial charge < -0.3 is 11.1 Å². The molecule has 3 N–H and O–H groups in total. The average Bonchev–Trinajstić information content (AvgIpc) is 2.58. The number of para-hydroxylation sites is 1. The predicted octanol–water partition coefficient (Wildman–Crippen LogP) is 2.23. The highest BCUT2D eigenvalue weighted by molar-refractivity contribution is 6.01. The number of carbonyl (C=O) groups excluding carboxylic acids is 1. The Morgan fingerprint density at radius 3 is 2.76 bits per heavy atom. The zero-order chi connectivity index (χ0) is 12.5. The van der Waals surface area contributed by atoms with Crippen LogP contribution in [0, 0.1) is 5.41 Å². The van der Waals surface area contributed by atoms with E-state index in [2.05, 4.69) is 19.2 Å². The first-order chi connectivity index (χ1) is 7.98. The number of anilines is 1. The van der Waals surface area contributed by atoms with E-state index in [1.54, 1.807) is 12.1 Å². The van der Waals surface area contributed by atoms with Crippen LogP contribution in [0.3, 0.4) is 0 Å². The second-order valence-electron chi connectivity index (χ2n) is 5.66. The topological polar surface area (TPSA) is 55.1 Å². The maximum absolute atomic E-state index is 12.1. The minimum atomic E-state index is 0.137. The lowest BCUT2D eigenvalue weighted by Crippen LogP contribution is -2.25. The third-order valence-electron chi connectivity index (χ3n) is 3.36. The van der Waals surface area contributed by atoms with Gasteiger partial charge in [0.15, 0.2) is 5.78 Å². The molecule has 0 bridgehead atoms. The smallest absolute Gasteiger partial charge is 0.166 e. The van der Waals surface area contributed by atoms with E-state index in [4.69, 9.17) is 5.73 Å². The number of benzene rings is 1. The molecule has 1 fully saturated rings. The number of nitrogens with one attached hydrogen (secondary N) is 1. The molecule has 0 radical (unpaired) electrons. The number of hydrogen-bond acceptors (Lipinski definition) is 3. The molecule has 0 saturated carbocycles. The van der Waals surface area contributed by atoms with E-state index >= 15 is 0 Å². The van der Waals surface area contributed by atoms with E-state index in [0.29, 0.717) is 23.1 Å². The van der Waals surface area contributed by atoms with Crippen LogP contribution in [-0.4, -0.2) is 18.4 Å². The van der Waals surface area contributed by atoms with Gasteiger partial charge in [-0.2, -0.15) is 0 Å². The third-order valence-corrected chi connectivity index (χ3v) is 3.36. The van der Waals surface area contributed by atoms with Gasteiger partial charge in [0.25, 0.3) is 0 Å². The van der Waals surface area contributed by atoms with Crippen molar-refractivity contribution in [1.29, 1.82) is 0 Å². The lowest BCUT2D eigenvalue weighted by molar-refractivity contribution is 0.0971. The van der Waals surface area contributed by atoms with Crippen molar-refractivity contribution in [2.45, 2.75) is 32.7 Å². The number of nitrogen functional groups attached to an aromatic ring is 1. The largest absolute Gasteiger partial charge is 0.398 e. The fourth-order valence-corrected chi connectivity index (χ4v) is 2.46. The molecule has 1 aliphatic heterocycles. The highest BCUT2D eigenvalue weighted by Crippen LogP contribution is 2.29. The maximum atomic E-state index is 12.1. The molecule has 3 heteroatoms. The monoisotopic (exact) mass is 232 g/mol. The molecule has 1 saturated heterocycles. The van der Waals surface area contributed by atoms with Gasteiger partial charge in [0, 0.05) is 30.3 Å². The van der Waals surface area contributed by atoms with Crippen molar-refractivity contribution >= 4 is 11.5 Å². The number of nitrogens with two attached hydrogens (primary N) is 1. The van der Waals surface area contributed by atoms with E-state index in [9.17, 15) is 4.79 Å². The SMILES string of the molecule is CC1(C)CNC(CC(=O)c2ccccc2N)C1. The minimum absolute atomic E-state index is 0.137. The molecule has 0 aromatic heterocycles. The summed E-state index contributed by atoms with van der Waals surface area (Å²) in [7, 11) is 0.